The molecule has 0 atom stereocenters. The SMILES string of the molecule is O=C(CN1CCN(CC(=O)Nc2ccccc2C(=O)NCc2ccco2)CC1)Nc1ccc(F)cc1. The van der Waals surface area contributed by atoms with Gasteiger partial charge in [0.1, 0.15) is 11.6 Å². The van der Waals surface area contributed by atoms with E-state index in [4.69, 9.17) is 4.42 Å². The number of anilines is 2. The minimum atomic E-state index is -0.357. The van der Waals surface area contributed by atoms with Crippen LogP contribution in [0.1, 0.15) is 16.1 Å². The van der Waals surface area contributed by atoms with E-state index in [1.165, 1.54) is 30.5 Å². The van der Waals surface area contributed by atoms with Crippen LogP contribution in [0.4, 0.5) is 15.8 Å². The zero-order valence-electron chi connectivity index (χ0n) is 19.7. The molecule has 0 unspecified atom stereocenters. The lowest BCUT2D eigenvalue weighted by Gasteiger charge is -2.33. The second-order valence-corrected chi connectivity index (χ2v) is 8.46. The first-order valence-corrected chi connectivity index (χ1v) is 11.7. The number of carbonyl (C=O) groups excluding carboxylic acids is 3. The molecule has 9 nitrogen and oxygen atoms in total. The van der Waals surface area contributed by atoms with E-state index in [-0.39, 0.29) is 43.2 Å². The van der Waals surface area contributed by atoms with Gasteiger partial charge < -0.3 is 20.4 Å². The molecule has 4 rings (SSSR count). The predicted molar refractivity (Wildman–Crippen MR) is 133 cm³/mol. The average molecular weight is 494 g/mol. The highest BCUT2D eigenvalue weighted by Gasteiger charge is 2.21. The van der Waals surface area contributed by atoms with Crippen molar-refractivity contribution in [1.29, 1.82) is 0 Å². The summed E-state index contributed by atoms with van der Waals surface area (Å²) in [5.41, 5.74) is 1.36. The second kappa shape index (κ2) is 12.1. The van der Waals surface area contributed by atoms with Gasteiger partial charge in [-0.1, -0.05) is 12.1 Å². The van der Waals surface area contributed by atoms with Gasteiger partial charge in [0, 0.05) is 31.9 Å². The number of para-hydroxylation sites is 1. The molecule has 3 amide bonds. The maximum Gasteiger partial charge on any atom is 0.253 e. The molecule has 10 heteroatoms. The number of nitrogens with one attached hydrogen (secondary N) is 3. The molecular weight excluding hydrogens is 465 g/mol. The van der Waals surface area contributed by atoms with Crippen molar-refractivity contribution >= 4 is 29.1 Å². The molecule has 1 aromatic heterocycles. The highest BCUT2D eigenvalue weighted by molar-refractivity contribution is 6.04. The number of halogens is 1. The smallest absolute Gasteiger partial charge is 0.253 e. The molecule has 3 aromatic rings. The number of furan rings is 1. The van der Waals surface area contributed by atoms with Crippen LogP contribution in [0.3, 0.4) is 0 Å². The molecule has 0 saturated carbocycles. The van der Waals surface area contributed by atoms with E-state index in [2.05, 4.69) is 16.0 Å². The van der Waals surface area contributed by atoms with Crippen LogP contribution in [-0.4, -0.2) is 66.8 Å². The van der Waals surface area contributed by atoms with Gasteiger partial charge in [-0.05, 0) is 48.5 Å². The highest BCUT2D eigenvalue weighted by atomic mass is 19.1. The first kappa shape index (κ1) is 25.1. The number of hydrogen-bond donors (Lipinski definition) is 3. The largest absolute Gasteiger partial charge is 0.467 e. The molecule has 0 spiro atoms. The molecule has 3 N–H and O–H groups in total. The fourth-order valence-corrected chi connectivity index (χ4v) is 3.90. The van der Waals surface area contributed by atoms with Crippen molar-refractivity contribution in [3.05, 3.63) is 84.1 Å². The molecule has 1 aliphatic heterocycles. The number of hydrogen-bond acceptors (Lipinski definition) is 6. The minimum Gasteiger partial charge on any atom is -0.467 e. The molecule has 1 saturated heterocycles. The molecule has 0 bridgehead atoms. The number of rotatable bonds is 9. The zero-order chi connectivity index (χ0) is 25.3. The van der Waals surface area contributed by atoms with Gasteiger partial charge >= 0.3 is 0 Å². The summed E-state index contributed by atoms with van der Waals surface area (Å²) in [6, 6.07) is 16.0. The van der Waals surface area contributed by atoms with Crippen LogP contribution in [0.5, 0.6) is 0 Å². The van der Waals surface area contributed by atoms with E-state index in [0.717, 1.165) is 0 Å². The fraction of sp³-hybridized carbons (Fsp3) is 0.269. The quantitative estimate of drug-likeness (QED) is 0.423. The van der Waals surface area contributed by atoms with E-state index >= 15 is 0 Å². The Morgan fingerprint density at radius 3 is 2.08 bits per heavy atom. The van der Waals surface area contributed by atoms with Gasteiger partial charge in [-0.15, -0.1) is 0 Å². The Morgan fingerprint density at radius 2 is 1.44 bits per heavy atom. The van der Waals surface area contributed by atoms with E-state index in [0.29, 0.717) is 48.9 Å². The summed E-state index contributed by atoms with van der Waals surface area (Å²) in [5.74, 6) is -0.421. The normalized spacial score (nSPS) is 14.2. The van der Waals surface area contributed by atoms with E-state index in [9.17, 15) is 18.8 Å². The van der Waals surface area contributed by atoms with Gasteiger partial charge in [0.15, 0.2) is 0 Å². The zero-order valence-corrected chi connectivity index (χ0v) is 19.7. The van der Waals surface area contributed by atoms with Crippen molar-refractivity contribution in [2.24, 2.45) is 0 Å². The first-order valence-electron chi connectivity index (χ1n) is 11.7. The molecule has 0 radical (unpaired) electrons. The lowest BCUT2D eigenvalue weighted by Crippen LogP contribution is -2.50. The summed E-state index contributed by atoms with van der Waals surface area (Å²) in [6.45, 7) is 3.17. The third-order valence-electron chi connectivity index (χ3n) is 5.78. The Hall–Kier alpha value is -4.02. The van der Waals surface area contributed by atoms with Crippen LogP contribution in [0.2, 0.25) is 0 Å². The highest BCUT2D eigenvalue weighted by Crippen LogP contribution is 2.16. The summed E-state index contributed by atoms with van der Waals surface area (Å²) in [4.78, 5) is 41.6. The standard InChI is InChI=1S/C26H28FN5O4/c27-19-7-9-20(10-8-19)29-24(33)17-31-11-13-32(14-12-31)18-25(34)30-23-6-2-1-5-22(23)26(35)28-16-21-4-3-15-36-21/h1-10,15H,11-14,16-18H2,(H,28,35)(H,29,33)(H,30,34). The van der Waals surface area contributed by atoms with Crippen molar-refractivity contribution in [3.8, 4) is 0 Å². The molecule has 2 heterocycles. The van der Waals surface area contributed by atoms with Crippen molar-refractivity contribution in [1.82, 2.24) is 15.1 Å². The lowest BCUT2D eigenvalue weighted by molar-refractivity contribution is -0.120. The number of amides is 3. The summed E-state index contributed by atoms with van der Waals surface area (Å²) in [6.07, 6.45) is 1.54. The maximum absolute atomic E-state index is 13.0. The van der Waals surface area contributed by atoms with Gasteiger partial charge in [-0.25, -0.2) is 4.39 Å². The monoisotopic (exact) mass is 493 g/mol. The van der Waals surface area contributed by atoms with Gasteiger partial charge in [0.25, 0.3) is 5.91 Å². The van der Waals surface area contributed by atoms with Crippen LogP contribution >= 0.6 is 0 Å². The summed E-state index contributed by atoms with van der Waals surface area (Å²) in [5, 5.41) is 8.38. The summed E-state index contributed by atoms with van der Waals surface area (Å²) < 4.78 is 18.2. The van der Waals surface area contributed by atoms with Crippen LogP contribution in [-0.2, 0) is 16.1 Å². The van der Waals surface area contributed by atoms with Crippen LogP contribution in [0.25, 0.3) is 0 Å². The molecule has 1 fully saturated rings. The summed E-state index contributed by atoms with van der Waals surface area (Å²) in [7, 11) is 0. The van der Waals surface area contributed by atoms with E-state index in [1.54, 1.807) is 36.4 Å². The van der Waals surface area contributed by atoms with Gasteiger partial charge in [-0.2, -0.15) is 0 Å². The van der Waals surface area contributed by atoms with Crippen molar-refractivity contribution < 1.29 is 23.2 Å². The Kier molecular flexibility index (Phi) is 8.43. The first-order chi connectivity index (χ1) is 17.5. The third-order valence-corrected chi connectivity index (χ3v) is 5.78. The molecular formula is C26H28FN5O4. The number of piperazine rings is 1. The van der Waals surface area contributed by atoms with Crippen molar-refractivity contribution in [2.75, 3.05) is 49.9 Å². The van der Waals surface area contributed by atoms with Crippen LogP contribution in [0, 0.1) is 5.82 Å². The molecule has 2 aromatic carbocycles. The third kappa shape index (κ3) is 7.24. The van der Waals surface area contributed by atoms with Crippen LogP contribution < -0.4 is 16.0 Å². The Labute approximate surface area is 208 Å². The van der Waals surface area contributed by atoms with Crippen molar-refractivity contribution in [2.45, 2.75) is 6.54 Å². The Balaban J connectivity index is 1.21. The van der Waals surface area contributed by atoms with E-state index < -0.39 is 0 Å². The van der Waals surface area contributed by atoms with Gasteiger partial charge in [0.2, 0.25) is 11.8 Å². The number of nitrogens with zero attached hydrogens (tertiary/aromatic N) is 2. The Bertz CT molecular complexity index is 1180. The van der Waals surface area contributed by atoms with Crippen molar-refractivity contribution in [3.63, 3.8) is 0 Å². The minimum absolute atomic E-state index is 0.172. The molecule has 0 aliphatic carbocycles. The molecule has 188 valence electrons. The van der Waals surface area contributed by atoms with Gasteiger partial charge in [-0.3, -0.25) is 24.2 Å². The Morgan fingerprint density at radius 1 is 0.806 bits per heavy atom. The molecule has 36 heavy (non-hydrogen) atoms. The molecule has 1 aliphatic rings. The topological polar surface area (TPSA) is 107 Å². The fourth-order valence-electron chi connectivity index (χ4n) is 3.90. The van der Waals surface area contributed by atoms with Crippen LogP contribution in [0.15, 0.2) is 71.3 Å². The lowest BCUT2D eigenvalue weighted by atomic mass is 10.1. The number of carbonyl (C=O) groups is 3. The maximum atomic E-state index is 13.0. The van der Waals surface area contributed by atoms with Gasteiger partial charge in [0.05, 0.1) is 37.1 Å². The number of benzene rings is 2. The predicted octanol–water partition coefficient (Wildman–Crippen LogP) is 2.54. The summed E-state index contributed by atoms with van der Waals surface area (Å²) >= 11 is 0. The average Bonchev–Trinajstić information content (AvgIpc) is 3.39. The van der Waals surface area contributed by atoms with E-state index in [1.807, 2.05) is 9.80 Å². The second-order valence-electron chi connectivity index (χ2n) is 8.46.